The van der Waals surface area contributed by atoms with Crippen molar-refractivity contribution in [3.63, 3.8) is 0 Å². The molecule has 17 heavy (non-hydrogen) atoms. The zero-order chi connectivity index (χ0) is 11.4. The quantitative estimate of drug-likeness (QED) is 0.863. The molecule has 96 valence electrons. The highest BCUT2D eigenvalue weighted by molar-refractivity contribution is 5.85. The molecule has 2 rings (SSSR count). The van der Waals surface area contributed by atoms with Gasteiger partial charge in [0.05, 0.1) is 6.10 Å². The van der Waals surface area contributed by atoms with E-state index in [-0.39, 0.29) is 18.5 Å². The molecule has 0 amide bonds. The fraction of sp³-hybridized carbons (Fsp3) is 0.538. The Morgan fingerprint density at radius 1 is 1.24 bits per heavy atom. The number of piperidine rings is 1. The summed E-state index contributed by atoms with van der Waals surface area (Å²) in [6.07, 6.45) is 2.56. The van der Waals surface area contributed by atoms with Crippen molar-refractivity contribution in [1.82, 2.24) is 0 Å². The fourth-order valence-electron chi connectivity index (χ4n) is 2.29. The third kappa shape index (κ3) is 3.60. The van der Waals surface area contributed by atoms with Gasteiger partial charge >= 0.3 is 0 Å². The highest BCUT2D eigenvalue weighted by Crippen LogP contribution is 2.24. The van der Waals surface area contributed by atoms with Crippen LogP contribution in [-0.4, -0.2) is 30.8 Å². The Kier molecular flexibility index (Phi) is 5.75. The van der Waals surface area contributed by atoms with Crippen molar-refractivity contribution in [2.45, 2.75) is 25.4 Å². The molecule has 0 saturated carbocycles. The van der Waals surface area contributed by atoms with Crippen LogP contribution in [0.15, 0.2) is 24.3 Å². The van der Waals surface area contributed by atoms with Crippen LogP contribution in [0.2, 0.25) is 0 Å². The molecule has 0 atom stereocenters. The maximum absolute atomic E-state index is 9.50. The number of aliphatic hydroxyl groups excluding tert-OH is 1. The number of benzene rings is 1. The summed E-state index contributed by atoms with van der Waals surface area (Å²) >= 11 is 0. The predicted molar refractivity (Wildman–Crippen MR) is 73.9 cm³/mol. The largest absolute Gasteiger partial charge is 0.393 e. The molecular weight excluding hydrogens is 236 g/mol. The first-order chi connectivity index (χ1) is 7.81. The lowest BCUT2D eigenvalue weighted by Crippen LogP contribution is -2.36. The van der Waals surface area contributed by atoms with Crippen molar-refractivity contribution < 1.29 is 5.11 Å². The number of para-hydroxylation sites is 1. The van der Waals surface area contributed by atoms with Crippen LogP contribution in [0.25, 0.3) is 0 Å². The van der Waals surface area contributed by atoms with Gasteiger partial charge < -0.3 is 15.7 Å². The van der Waals surface area contributed by atoms with E-state index in [2.05, 4.69) is 29.2 Å². The molecule has 0 aromatic heterocycles. The predicted octanol–water partition coefficient (Wildman–Crippen LogP) is 1.57. The van der Waals surface area contributed by atoms with Crippen LogP contribution in [0.3, 0.4) is 0 Å². The van der Waals surface area contributed by atoms with E-state index in [1.54, 1.807) is 0 Å². The number of hydrogen-bond donors (Lipinski definition) is 2. The van der Waals surface area contributed by atoms with Gasteiger partial charge in [-0.05, 0) is 37.4 Å². The van der Waals surface area contributed by atoms with Gasteiger partial charge in [-0.1, -0.05) is 18.2 Å². The Labute approximate surface area is 109 Å². The first kappa shape index (κ1) is 14.3. The molecule has 0 spiro atoms. The van der Waals surface area contributed by atoms with E-state index in [0.29, 0.717) is 6.54 Å². The van der Waals surface area contributed by atoms with E-state index in [1.165, 1.54) is 11.3 Å². The van der Waals surface area contributed by atoms with E-state index in [9.17, 15) is 5.11 Å². The van der Waals surface area contributed by atoms with Crippen LogP contribution in [0.5, 0.6) is 0 Å². The topological polar surface area (TPSA) is 49.5 Å². The summed E-state index contributed by atoms with van der Waals surface area (Å²) in [7, 11) is 0. The highest BCUT2D eigenvalue weighted by atomic mass is 35.5. The SMILES string of the molecule is Cl.NCCc1ccccc1N1CCC(O)CC1. The first-order valence-electron chi connectivity index (χ1n) is 6.02. The monoisotopic (exact) mass is 256 g/mol. The van der Waals surface area contributed by atoms with Crippen LogP contribution in [0.1, 0.15) is 18.4 Å². The van der Waals surface area contributed by atoms with Crippen LogP contribution in [0.4, 0.5) is 5.69 Å². The average Bonchev–Trinajstić information content (AvgIpc) is 2.32. The first-order valence-corrected chi connectivity index (χ1v) is 6.02. The highest BCUT2D eigenvalue weighted by Gasteiger charge is 2.18. The minimum absolute atomic E-state index is 0. The van der Waals surface area contributed by atoms with E-state index >= 15 is 0 Å². The number of halogens is 1. The number of nitrogens with zero attached hydrogens (tertiary/aromatic N) is 1. The lowest BCUT2D eigenvalue weighted by Gasteiger charge is -2.32. The molecule has 0 radical (unpaired) electrons. The molecule has 1 heterocycles. The van der Waals surface area contributed by atoms with E-state index in [0.717, 1.165) is 32.4 Å². The van der Waals surface area contributed by atoms with Crippen LogP contribution in [-0.2, 0) is 6.42 Å². The Hall–Kier alpha value is -0.770. The second kappa shape index (κ2) is 6.84. The van der Waals surface area contributed by atoms with Gasteiger partial charge in [-0.3, -0.25) is 0 Å². The van der Waals surface area contributed by atoms with Gasteiger partial charge in [0.15, 0.2) is 0 Å². The minimum atomic E-state index is -0.113. The van der Waals surface area contributed by atoms with Crippen LogP contribution >= 0.6 is 12.4 Å². The molecule has 0 unspecified atom stereocenters. The summed E-state index contributed by atoms with van der Waals surface area (Å²) in [5, 5.41) is 9.50. The smallest absolute Gasteiger partial charge is 0.0574 e. The molecule has 0 bridgehead atoms. The summed E-state index contributed by atoms with van der Waals surface area (Å²) < 4.78 is 0. The van der Waals surface area contributed by atoms with Crippen molar-refractivity contribution in [2.75, 3.05) is 24.5 Å². The zero-order valence-electron chi connectivity index (χ0n) is 10.0. The van der Waals surface area contributed by atoms with Crippen LogP contribution in [0, 0.1) is 0 Å². The number of nitrogens with two attached hydrogens (primary N) is 1. The zero-order valence-corrected chi connectivity index (χ0v) is 10.8. The normalized spacial score (nSPS) is 16.7. The summed E-state index contributed by atoms with van der Waals surface area (Å²) in [4.78, 5) is 2.36. The molecule has 1 aromatic rings. The maximum Gasteiger partial charge on any atom is 0.0574 e. The summed E-state index contributed by atoms with van der Waals surface area (Å²) in [6.45, 7) is 2.58. The molecule has 4 heteroatoms. The van der Waals surface area contributed by atoms with Gasteiger partial charge in [-0.25, -0.2) is 0 Å². The Bertz CT molecular complexity index is 338. The van der Waals surface area contributed by atoms with Gasteiger partial charge in [0.25, 0.3) is 0 Å². The number of hydrogen-bond acceptors (Lipinski definition) is 3. The maximum atomic E-state index is 9.50. The van der Waals surface area contributed by atoms with Crippen molar-refractivity contribution in [3.05, 3.63) is 29.8 Å². The van der Waals surface area contributed by atoms with Gasteiger partial charge in [-0.15, -0.1) is 12.4 Å². The Balaban J connectivity index is 0.00000144. The van der Waals surface area contributed by atoms with E-state index < -0.39 is 0 Å². The van der Waals surface area contributed by atoms with Gasteiger partial charge in [0.2, 0.25) is 0 Å². The van der Waals surface area contributed by atoms with Gasteiger partial charge in [-0.2, -0.15) is 0 Å². The fourth-order valence-corrected chi connectivity index (χ4v) is 2.29. The molecule has 1 fully saturated rings. The Morgan fingerprint density at radius 3 is 2.53 bits per heavy atom. The molecule has 0 aliphatic carbocycles. The average molecular weight is 257 g/mol. The van der Waals surface area contributed by atoms with E-state index in [4.69, 9.17) is 5.73 Å². The number of rotatable bonds is 3. The lowest BCUT2D eigenvalue weighted by molar-refractivity contribution is 0.145. The standard InChI is InChI=1S/C13H20N2O.ClH/c14-8-5-11-3-1-2-4-13(11)15-9-6-12(16)7-10-15;/h1-4,12,16H,5-10,14H2;1H. The van der Waals surface area contributed by atoms with Crippen molar-refractivity contribution >= 4 is 18.1 Å². The van der Waals surface area contributed by atoms with Gasteiger partial charge in [0.1, 0.15) is 0 Å². The third-order valence-corrected chi connectivity index (χ3v) is 3.21. The molecule has 1 aromatic carbocycles. The van der Waals surface area contributed by atoms with Crippen molar-refractivity contribution in [2.24, 2.45) is 5.73 Å². The molecular formula is C13H21ClN2O. The summed E-state index contributed by atoms with van der Waals surface area (Å²) in [6, 6.07) is 8.43. The molecule has 3 N–H and O–H groups in total. The number of anilines is 1. The molecule has 1 saturated heterocycles. The second-order valence-electron chi connectivity index (χ2n) is 4.39. The van der Waals surface area contributed by atoms with E-state index in [1.807, 2.05) is 0 Å². The number of aliphatic hydroxyl groups is 1. The summed E-state index contributed by atoms with van der Waals surface area (Å²) in [5.41, 5.74) is 8.23. The molecule has 1 aliphatic heterocycles. The molecule has 1 aliphatic rings. The lowest BCUT2D eigenvalue weighted by atomic mass is 10.0. The second-order valence-corrected chi connectivity index (χ2v) is 4.39. The third-order valence-electron chi connectivity index (χ3n) is 3.21. The minimum Gasteiger partial charge on any atom is -0.393 e. The van der Waals surface area contributed by atoms with Crippen LogP contribution < -0.4 is 10.6 Å². The summed E-state index contributed by atoms with van der Waals surface area (Å²) in [5.74, 6) is 0. The Morgan fingerprint density at radius 2 is 1.88 bits per heavy atom. The van der Waals surface area contributed by atoms with Crippen molar-refractivity contribution in [1.29, 1.82) is 0 Å². The van der Waals surface area contributed by atoms with Crippen molar-refractivity contribution in [3.8, 4) is 0 Å². The van der Waals surface area contributed by atoms with Gasteiger partial charge in [0, 0.05) is 18.8 Å². The molecule has 3 nitrogen and oxygen atoms in total.